The number of benzene rings is 1. The first-order chi connectivity index (χ1) is 17.4. The molecule has 1 amide bonds. The molecule has 0 bridgehead atoms. The molecule has 0 unspecified atom stereocenters. The van der Waals surface area contributed by atoms with E-state index in [1.807, 2.05) is 58.7 Å². The Morgan fingerprint density at radius 3 is 2.64 bits per heavy atom. The van der Waals surface area contributed by atoms with Crippen molar-refractivity contribution in [1.82, 2.24) is 23.9 Å². The standard InChI is InChI=1S/C26H22N6O3S/c1-30-24-20(25(34)31(2)26(30)35)13-19(14-27-24)28-22(33)11-10-18-16-32(15-17-7-4-3-5-8-17)29-23(18)21-9-6-12-36-21/h3-14,16H,15H2,1-2H3,(H,28,33)/b11-10+. The summed E-state index contributed by atoms with van der Waals surface area (Å²) in [7, 11) is 2.95. The summed E-state index contributed by atoms with van der Waals surface area (Å²) in [6.07, 6.45) is 6.47. The van der Waals surface area contributed by atoms with Crippen molar-refractivity contribution < 1.29 is 4.79 Å². The summed E-state index contributed by atoms with van der Waals surface area (Å²) in [4.78, 5) is 42.5. The van der Waals surface area contributed by atoms with Gasteiger partial charge in [-0.15, -0.1) is 11.3 Å². The molecule has 9 nitrogen and oxygen atoms in total. The van der Waals surface area contributed by atoms with E-state index in [0.717, 1.165) is 26.3 Å². The van der Waals surface area contributed by atoms with Crippen LogP contribution in [0.3, 0.4) is 0 Å². The molecule has 0 aliphatic heterocycles. The van der Waals surface area contributed by atoms with Crippen molar-refractivity contribution in [2.45, 2.75) is 6.54 Å². The van der Waals surface area contributed by atoms with Crippen LogP contribution in [0.5, 0.6) is 0 Å². The minimum absolute atomic E-state index is 0.239. The van der Waals surface area contributed by atoms with Crippen LogP contribution in [0.2, 0.25) is 0 Å². The molecular formula is C26H22N6O3S. The van der Waals surface area contributed by atoms with E-state index in [4.69, 9.17) is 5.10 Å². The maximum Gasteiger partial charge on any atom is 0.332 e. The summed E-state index contributed by atoms with van der Waals surface area (Å²) in [6.45, 7) is 0.611. The molecule has 1 N–H and O–H groups in total. The number of carbonyl (C=O) groups is 1. The molecule has 36 heavy (non-hydrogen) atoms. The maximum absolute atomic E-state index is 12.7. The summed E-state index contributed by atoms with van der Waals surface area (Å²) in [5, 5.41) is 9.71. The molecule has 10 heteroatoms. The third-order valence-electron chi connectivity index (χ3n) is 5.71. The summed E-state index contributed by atoms with van der Waals surface area (Å²) in [5.41, 5.74) is 2.39. The number of fused-ring (bicyclic) bond motifs is 1. The molecule has 0 aliphatic carbocycles. The van der Waals surface area contributed by atoms with Crippen LogP contribution < -0.4 is 16.6 Å². The predicted molar refractivity (Wildman–Crippen MR) is 141 cm³/mol. The van der Waals surface area contributed by atoms with E-state index in [-0.39, 0.29) is 16.9 Å². The lowest BCUT2D eigenvalue weighted by Gasteiger charge is -2.08. The van der Waals surface area contributed by atoms with Gasteiger partial charge in [0, 0.05) is 31.9 Å². The third-order valence-corrected chi connectivity index (χ3v) is 6.58. The Bertz CT molecular complexity index is 1710. The molecule has 1 aromatic carbocycles. The monoisotopic (exact) mass is 498 g/mol. The van der Waals surface area contributed by atoms with E-state index in [1.54, 1.807) is 24.5 Å². The Morgan fingerprint density at radius 2 is 1.89 bits per heavy atom. The number of pyridine rings is 1. The van der Waals surface area contributed by atoms with Gasteiger partial charge in [-0.2, -0.15) is 5.10 Å². The molecule has 0 aliphatic rings. The SMILES string of the molecule is Cn1c(=O)c2cc(NC(=O)/C=C/c3cn(Cc4ccccc4)nc3-c3cccs3)cnc2n(C)c1=O. The van der Waals surface area contributed by atoms with Crippen LogP contribution >= 0.6 is 11.3 Å². The number of aromatic nitrogens is 5. The first-order valence-electron chi connectivity index (χ1n) is 11.1. The van der Waals surface area contributed by atoms with E-state index >= 15 is 0 Å². The highest BCUT2D eigenvalue weighted by Gasteiger charge is 2.13. The molecule has 0 fully saturated rings. The van der Waals surface area contributed by atoms with Crippen molar-refractivity contribution >= 4 is 40.0 Å². The molecule has 0 saturated carbocycles. The third kappa shape index (κ3) is 4.53. The molecular weight excluding hydrogens is 476 g/mol. The van der Waals surface area contributed by atoms with Crippen molar-refractivity contribution in [3.05, 3.63) is 104 Å². The number of amides is 1. The zero-order valence-corrected chi connectivity index (χ0v) is 20.4. The molecule has 0 radical (unpaired) electrons. The van der Waals surface area contributed by atoms with Gasteiger partial charge in [0.05, 0.1) is 28.7 Å². The smallest absolute Gasteiger partial charge is 0.321 e. The number of nitrogens with zero attached hydrogens (tertiary/aromatic N) is 5. The van der Waals surface area contributed by atoms with Crippen LogP contribution in [0, 0.1) is 0 Å². The van der Waals surface area contributed by atoms with Crippen molar-refractivity contribution in [1.29, 1.82) is 0 Å². The van der Waals surface area contributed by atoms with Gasteiger partial charge in [0.2, 0.25) is 5.91 Å². The second kappa shape index (κ2) is 9.59. The average Bonchev–Trinajstić information content (AvgIpc) is 3.55. The highest BCUT2D eigenvalue weighted by atomic mass is 32.1. The van der Waals surface area contributed by atoms with Crippen LogP contribution in [0.4, 0.5) is 5.69 Å². The number of rotatable bonds is 6. The van der Waals surface area contributed by atoms with E-state index in [1.165, 1.54) is 30.0 Å². The fourth-order valence-electron chi connectivity index (χ4n) is 3.90. The summed E-state index contributed by atoms with van der Waals surface area (Å²) < 4.78 is 4.16. The van der Waals surface area contributed by atoms with Crippen molar-refractivity contribution in [3.8, 4) is 10.6 Å². The van der Waals surface area contributed by atoms with Crippen molar-refractivity contribution in [3.63, 3.8) is 0 Å². The fraction of sp³-hybridized carbons (Fsp3) is 0.115. The Labute approximate surface area is 209 Å². The van der Waals surface area contributed by atoms with Crippen LogP contribution in [-0.4, -0.2) is 29.8 Å². The Morgan fingerprint density at radius 1 is 1.08 bits per heavy atom. The quantitative estimate of drug-likeness (QED) is 0.362. The van der Waals surface area contributed by atoms with Gasteiger partial charge in [-0.1, -0.05) is 36.4 Å². The van der Waals surface area contributed by atoms with Crippen LogP contribution in [0.1, 0.15) is 11.1 Å². The first kappa shape index (κ1) is 23.2. The highest BCUT2D eigenvalue weighted by Crippen LogP contribution is 2.28. The minimum atomic E-state index is -0.473. The van der Waals surface area contributed by atoms with E-state index in [9.17, 15) is 14.4 Å². The zero-order chi connectivity index (χ0) is 25.2. The molecule has 0 atom stereocenters. The van der Waals surface area contributed by atoms with Gasteiger partial charge >= 0.3 is 5.69 Å². The average molecular weight is 499 g/mol. The van der Waals surface area contributed by atoms with Gasteiger partial charge < -0.3 is 5.32 Å². The number of hydrogen-bond acceptors (Lipinski definition) is 6. The molecule has 5 aromatic rings. The normalized spacial score (nSPS) is 11.4. The number of aryl methyl sites for hydroxylation is 1. The molecule has 0 saturated heterocycles. The van der Waals surface area contributed by atoms with Gasteiger partial charge in [-0.05, 0) is 29.2 Å². The van der Waals surface area contributed by atoms with E-state index in [2.05, 4.69) is 10.3 Å². The second-order valence-electron chi connectivity index (χ2n) is 8.22. The summed E-state index contributed by atoms with van der Waals surface area (Å²) in [6, 6.07) is 15.5. The van der Waals surface area contributed by atoms with Crippen LogP contribution in [-0.2, 0) is 25.4 Å². The van der Waals surface area contributed by atoms with Gasteiger partial charge in [0.1, 0.15) is 11.3 Å². The first-order valence-corrected chi connectivity index (χ1v) is 12.0. The number of nitrogens with one attached hydrogen (secondary N) is 1. The number of anilines is 1. The molecule has 4 heterocycles. The molecule has 180 valence electrons. The Hall–Kier alpha value is -4.57. The molecule has 0 spiro atoms. The molecule has 4 aromatic heterocycles. The minimum Gasteiger partial charge on any atom is -0.321 e. The molecule has 5 rings (SSSR count). The summed E-state index contributed by atoms with van der Waals surface area (Å²) in [5.74, 6) is -0.384. The Balaban J connectivity index is 1.40. The lowest BCUT2D eigenvalue weighted by atomic mass is 10.2. The van der Waals surface area contributed by atoms with Gasteiger partial charge in [0.25, 0.3) is 5.56 Å². The number of carbonyl (C=O) groups excluding carboxylic acids is 1. The van der Waals surface area contributed by atoms with Crippen molar-refractivity contribution in [2.24, 2.45) is 14.1 Å². The lowest BCUT2D eigenvalue weighted by Crippen LogP contribution is -2.37. The maximum atomic E-state index is 12.7. The largest absolute Gasteiger partial charge is 0.332 e. The van der Waals surface area contributed by atoms with Crippen molar-refractivity contribution in [2.75, 3.05) is 5.32 Å². The van der Waals surface area contributed by atoms with Gasteiger partial charge in [-0.3, -0.25) is 23.4 Å². The fourth-order valence-corrected chi connectivity index (χ4v) is 4.63. The number of thiophene rings is 1. The van der Waals surface area contributed by atoms with Crippen LogP contribution in [0.25, 0.3) is 27.7 Å². The zero-order valence-electron chi connectivity index (χ0n) is 19.6. The highest BCUT2D eigenvalue weighted by molar-refractivity contribution is 7.13. The Kier molecular flexibility index (Phi) is 6.17. The predicted octanol–water partition coefficient (Wildman–Crippen LogP) is 3.26. The van der Waals surface area contributed by atoms with Crippen LogP contribution in [0.15, 0.2) is 82.0 Å². The number of hydrogen-bond donors (Lipinski definition) is 1. The summed E-state index contributed by atoms with van der Waals surface area (Å²) >= 11 is 1.58. The van der Waals surface area contributed by atoms with E-state index < -0.39 is 11.2 Å². The lowest BCUT2D eigenvalue weighted by molar-refractivity contribution is -0.111. The van der Waals surface area contributed by atoms with Gasteiger partial charge in [0.15, 0.2) is 0 Å². The van der Waals surface area contributed by atoms with Gasteiger partial charge in [-0.25, -0.2) is 9.78 Å². The second-order valence-corrected chi connectivity index (χ2v) is 9.16. The topological polar surface area (TPSA) is 104 Å². The van der Waals surface area contributed by atoms with E-state index in [0.29, 0.717) is 12.2 Å².